The van der Waals surface area contributed by atoms with E-state index in [-0.39, 0.29) is 13.4 Å². The second-order valence-electron chi connectivity index (χ2n) is 3.08. The maximum atomic E-state index is 9.30. The lowest BCUT2D eigenvalue weighted by Gasteiger charge is -2.25. The molecule has 0 aliphatic carbocycles. The average Bonchev–Trinajstić information content (AvgIpc) is 2.26. The van der Waals surface area contributed by atoms with Crippen molar-refractivity contribution in [3.05, 3.63) is 0 Å². The molecule has 0 radical (unpaired) electrons. The van der Waals surface area contributed by atoms with Gasteiger partial charge >= 0.3 is 0 Å². The normalized spacial score (nSPS) is 19.6. The van der Waals surface area contributed by atoms with E-state index in [4.69, 9.17) is 14.9 Å². The minimum atomic E-state index is -1.63. The van der Waals surface area contributed by atoms with Gasteiger partial charge in [-0.2, -0.15) is 0 Å². The van der Waals surface area contributed by atoms with Gasteiger partial charge in [0, 0.05) is 7.11 Å². The van der Waals surface area contributed by atoms with Crippen LogP contribution in [-0.2, 0) is 9.47 Å². The van der Waals surface area contributed by atoms with Gasteiger partial charge in [0.05, 0.1) is 13.2 Å². The Balaban J connectivity index is 3.90. The van der Waals surface area contributed by atoms with Gasteiger partial charge in [0.25, 0.3) is 0 Å². The maximum Gasteiger partial charge on any atom is 0.146 e. The van der Waals surface area contributed by atoms with Gasteiger partial charge in [-0.15, -0.1) is 0 Å². The first-order valence-corrected chi connectivity index (χ1v) is 4.44. The van der Waals surface area contributed by atoms with Crippen molar-refractivity contribution in [3.63, 3.8) is 0 Å². The van der Waals surface area contributed by atoms with Gasteiger partial charge < -0.3 is 35.0 Å². The molecule has 0 aromatic rings. The quantitative estimate of drug-likeness (QED) is 0.221. The van der Waals surface area contributed by atoms with Crippen molar-refractivity contribution in [3.8, 4) is 0 Å². The second kappa shape index (κ2) is 7.94. The van der Waals surface area contributed by atoms with Crippen molar-refractivity contribution in [2.45, 2.75) is 24.4 Å². The Kier molecular flexibility index (Phi) is 7.79. The summed E-state index contributed by atoms with van der Waals surface area (Å²) < 4.78 is 9.28. The van der Waals surface area contributed by atoms with E-state index in [1.165, 1.54) is 7.11 Å². The van der Waals surface area contributed by atoms with Crippen LogP contribution in [0.1, 0.15) is 0 Å². The molecule has 4 atom stereocenters. The Labute approximate surface area is 87.5 Å². The number of hydrogen-bond acceptors (Lipinski definition) is 7. The van der Waals surface area contributed by atoms with Gasteiger partial charge in [0.15, 0.2) is 0 Å². The number of ether oxygens (including phenoxy) is 2. The Morgan fingerprint density at radius 3 is 2.00 bits per heavy atom. The van der Waals surface area contributed by atoms with Crippen LogP contribution in [0.15, 0.2) is 0 Å². The van der Waals surface area contributed by atoms with E-state index >= 15 is 0 Å². The minimum absolute atomic E-state index is 0.0531. The Morgan fingerprint density at radius 1 is 1.00 bits per heavy atom. The molecule has 0 aliphatic rings. The summed E-state index contributed by atoms with van der Waals surface area (Å²) in [5.41, 5.74) is 0. The van der Waals surface area contributed by atoms with Gasteiger partial charge in [-0.3, -0.25) is 0 Å². The van der Waals surface area contributed by atoms with Crippen molar-refractivity contribution in [2.24, 2.45) is 0 Å². The fraction of sp³-hybridized carbons (Fsp3) is 1.00. The second-order valence-corrected chi connectivity index (χ2v) is 3.08. The third-order valence-electron chi connectivity index (χ3n) is 1.82. The number of aliphatic hydroxyl groups is 5. The van der Waals surface area contributed by atoms with Crippen LogP contribution in [0, 0.1) is 0 Å². The molecule has 7 heteroatoms. The van der Waals surface area contributed by atoms with Crippen molar-refractivity contribution in [1.82, 2.24) is 0 Å². The van der Waals surface area contributed by atoms with Gasteiger partial charge in [-0.1, -0.05) is 0 Å². The lowest BCUT2D eigenvalue weighted by atomic mass is 10.0. The number of hydrogen-bond donors (Lipinski definition) is 5. The van der Waals surface area contributed by atoms with Crippen LogP contribution in [0.3, 0.4) is 0 Å². The summed E-state index contributed by atoms with van der Waals surface area (Å²) in [6.07, 6.45) is -6.09. The summed E-state index contributed by atoms with van der Waals surface area (Å²) in [6, 6.07) is 0. The van der Waals surface area contributed by atoms with Crippen LogP contribution in [0.25, 0.3) is 0 Å². The van der Waals surface area contributed by atoms with Gasteiger partial charge in [-0.05, 0) is 0 Å². The van der Waals surface area contributed by atoms with Crippen LogP contribution in [0.2, 0.25) is 0 Å². The zero-order valence-electron chi connectivity index (χ0n) is 8.48. The molecule has 0 unspecified atom stereocenters. The molecule has 5 N–H and O–H groups in total. The van der Waals surface area contributed by atoms with E-state index in [9.17, 15) is 15.3 Å². The first-order chi connectivity index (χ1) is 7.04. The monoisotopic (exact) mass is 226 g/mol. The first-order valence-electron chi connectivity index (χ1n) is 4.44. The molecule has 0 saturated carbocycles. The van der Waals surface area contributed by atoms with Gasteiger partial charge in [0.1, 0.15) is 31.2 Å². The summed E-state index contributed by atoms with van der Waals surface area (Å²) in [5.74, 6) is 0. The molecule has 92 valence electrons. The molecule has 0 aliphatic heterocycles. The van der Waals surface area contributed by atoms with Crippen molar-refractivity contribution < 1.29 is 35.0 Å². The highest BCUT2D eigenvalue weighted by Gasteiger charge is 2.29. The summed E-state index contributed by atoms with van der Waals surface area (Å²) in [7, 11) is 1.40. The highest BCUT2D eigenvalue weighted by molar-refractivity contribution is 4.80. The Hall–Kier alpha value is -0.280. The molecule has 0 amide bonds. The highest BCUT2D eigenvalue weighted by atomic mass is 16.7. The van der Waals surface area contributed by atoms with Crippen LogP contribution < -0.4 is 0 Å². The molecule has 0 spiro atoms. The highest BCUT2D eigenvalue weighted by Crippen LogP contribution is 2.05. The molecule has 0 fully saturated rings. The predicted molar refractivity (Wildman–Crippen MR) is 48.9 cm³/mol. The van der Waals surface area contributed by atoms with Gasteiger partial charge in [-0.25, -0.2) is 0 Å². The Bertz CT molecular complexity index is 154. The van der Waals surface area contributed by atoms with Gasteiger partial charge in [0.2, 0.25) is 0 Å². The molecular formula is C8H18O7. The summed E-state index contributed by atoms with van der Waals surface area (Å²) in [5, 5.41) is 45.3. The Morgan fingerprint density at radius 2 is 1.53 bits per heavy atom. The average molecular weight is 226 g/mol. The van der Waals surface area contributed by atoms with Crippen LogP contribution in [-0.4, -0.2) is 77.1 Å². The predicted octanol–water partition coefficient (Wildman–Crippen LogP) is -2.96. The number of methoxy groups -OCH3 is 1. The summed E-state index contributed by atoms with van der Waals surface area (Å²) >= 11 is 0. The largest absolute Gasteiger partial charge is 0.394 e. The van der Waals surface area contributed by atoms with E-state index < -0.39 is 31.0 Å². The third-order valence-corrected chi connectivity index (χ3v) is 1.82. The zero-order chi connectivity index (χ0) is 11.8. The molecular weight excluding hydrogens is 208 g/mol. The molecule has 7 nitrogen and oxygen atoms in total. The standard InChI is InChI=1S/C8H18O7/c1-14-4-15-3-6(11)8(13)7(12)5(10)2-9/h5-13H,2-4H2,1H3/t5-,6+,7-,8-/m1/s1. The van der Waals surface area contributed by atoms with E-state index in [0.29, 0.717) is 0 Å². The molecule has 0 bridgehead atoms. The van der Waals surface area contributed by atoms with Crippen molar-refractivity contribution in [1.29, 1.82) is 0 Å². The molecule has 15 heavy (non-hydrogen) atoms. The molecule has 0 aromatic heterocycles. The first kappa shape index (κ1) is 14.7. The molecule has 0 aromatic carbocycles. The van der Waals surface area contributed by atoms with E-state index in [1.54, 1.807) is 0 Å². The lowest BCUT2D eigenvalue weighted by Crippen LogP contribution is -2.47. The zero-order valence-corrected chi connectivity index (χ0v) is 8.48. The van der Waals surface area contributed by atoms with E-state index in [2.05, 4.69) is 4.74 Å². The van der Waals surface area contributed by atoms with Crippen molar-refractivity contribution in [2.75, 3.05) is 27.1 Å². The summed E-state index contributed by atoms with van der Waals surface area (Å²) in [6.45, 7) is -1.00. The van der Waals surface area contributed by atoms with Crippen LogP contribution >= 0.6 is 0 Å². The molecule has 0 saturated heterocycles. The summed E-state index contributed by atoms with van der Waals surface area (Å²) in [4.78, 5) is 0. The smallest absolute Gasteiger partial charge is 0.146 e. The topological polar surface area (TPSA) is 120 Å². The maximum absolute atomic E-state index is 9.30. The number of aliphatic hydroxyl groups excluding tert-OH is 5. The lowest BCUT2D eigenvalue weighted by molar-refractivity contribution is -0.141. The van der Waals surface area contributed by atoms with E-state index in [1.807, 2.05) is 0 Å². The minimum Gasteiger partial charge on any atom is -0.394 e. The molecule has 0 rings (SSSR count). The fourth-order valence-electron chi connectivity index (χ4n) is 0.914. The SMILES string of the molecule is COCOC[C@H](O)[C@@H](O)[C@H](O)[C@H](O)CO. The molecule has 0 heterocycles. The van der Waals surface area contributed by atoms with E-state index in [0.717, 1.165) is 0 Å². The van der Waals surface area contributed by atoms with Crippen LogP contribution in [0.5, 0.6) is 0 Å². The van der Waals surface area contributed by atoms with Crippen LogP contribution in [0.4, 0.5) is 0 Å². The van der Waals surface area contributed by atoms with Crippen molar-refractivity contribution >= 4 is 0 Å². The fourth-order valence-corrected chi connectivity index (χ4v) is 0.914. The number of rotatable bonds is 8. The third kappa shape index (κ3) is 5.38.